The molecular weight excluding hydrogens is 276 g/mol. The third-order valence-corrected chi connectivity index (χ3v) is 4.18. The number of nitrogens with one attached hydrogen (secondary N) is 1. The highest BCUT2D eigenvalue weighted by atomic mass is 16.5. The summed E-state index contributed by atoms with van der Waals surface area (Å²) in [5, 5.41) is 13.0. The van der Waals surface area contributed by atoms with Crippen molar-refractivity contribution in [3.05, 3.63) is 29.3 Å². The van der Waals surface area contributed by atoms with Crippen LogP contribution in [0.1, 0.15) is 37.8 Å². The highest BCUT2D eigenvalue weighted by Crippen LogP contribution is 2.22. The van der Waals surface area contributed by atoms with Gasteiger partial charge in [0.25, 0.3) is 0 Å². The van der Waals surface area contributed by atoms with Crippen LogP contribution in [0.2, 0.25) is 0 Å². The van der Waals surface area contributed by atoms with E-state index in [1.807, 2.05) is 0 Å². The summed E-state index contributed by atoms with van der Waals surface area (Å²) in [7, 11) is 1.74. The maximum atomic E-state index is 9.58. The van der Waals surface area contributed by atoms with Gasteiger partial charge in [0.1, 0.15) is 5.75 Å². The van der Waals surface area contributed by atoms with Gasteiger partial charge in [-0.3, -0.25) is 4.90 Å². The van der Waals surface area contributed by atoms with E-state index >= 15 is 0 Å². The van der Waals surface area contributed by atoms with Gasteiger partial charge in [-0.1, -0.05) is 26.0 Å². The second-order valence-electron chi connectivity index (χ2n) is 6.68. The molecule has 2 rings (SSSR count). The van der Waals surface area contributed by atoms with Crippen molar-refractivity contribution in [3.8, 4) is 5.75 Å². The summed E-state index contributed by atoms with van der Waals surface area (Å²) in [6.45, 7) is 9.16. The minimum absolute atomic E-state index is 0.111. The van der Waals surface area contributed by atoms with Crippen molar-refractivity contribution in [2.75, 3.05) is 26.7 Å². The monoisotopic (exact) mass is 306 g/mol. The number of piperidine rings is 1. The topological polar surface area (TPSA) is 44.7 Å². The molecule has 1 aliphatic rings. The number of hydrogen-bond acceptors (Lipinski definition) is 4. The minimum Gasteiger partial charge on any atom is -0.496 e. The van der Waals surface area contributed by atoms with Crippen LogP contribution in [0.25, 0.3) is 0 Å². The lowest BCUT2D eigenvalue weighted by Crippen LogP contribution is -2.35. The molecule has 1 fully saturated rings. The van der Waals surface area contributed by atoms with E-state index in [1.165, 1.54) is 11.1 Å². The maximum absolute atomic E-state index is 9.58. The summed E-state index contributed by atoms with van der Waals surface area (Å²) in [6, 6.07) is 6.51. The van der Waals surface area contributed by atoms with E-state index in [2.05, 4.69) is 42.3 Å². The van der Waals surface area contributed by atoms with E-state index in [9.17, 15) is 5.11 Å². The van der Waals surface area contributed by atoms with E-state index in [1.54, 1.807) is 7.11 Å². The van der Waals surface area contributed by atoms with Crippen LogP contribution in [0.4, 0.5) is 0 Å². The third-order valence-electron chi connectivity index (χ3n) is 4.18. The Hall–Kier alpha value is -1.10. The number of ether oxygens (including phenoxy) is 1. The fraction of sp³-hybridized carbons (Fsp3) is 0.667. The zero-order valence-electron chi connectivity index (χ0n) is 14.1. The van der Waals surface area contributed by atoms with Gasteiger partial charge in [-0.2, -0.15) is 0 Å². The first-order valence-electron chi connectivity index (χ1n) is 8.35. The highest BCUT2D eigenvalue weighted by Gasteiger charge is 2.17. The molecule has 124 valence electrons. The zero-order valence-corrected chi connectivity index (χ0v) is 14.1. The van der Waals surface area contributed by atoms with Crippen molar-refractivity contribution in [2.24, 2.45) is 5.92 Å². The van der Waals surface area contributed by atoms with Crippen molar-refractivity contribution in [1.29, 1.82) is 0 Å². The fourth-order valence-corrected chi connectivity index (χ4v) is 2.86. The second-order valence-corrected chi connectivity index (χ2v) is 6.68. The van der Waals surface area contributed by atoms with Crippen LogP contribution in [0.15, 0.2) is 18.2 Å². The number of benzene rings is 1. The molecule has 1 aliphatic heterocycles. The molecule has 22 heavy (non-hydrogen) atoms. The zero-order chi connectivity index (χ0) is 15.9. The maximum Gasteiger partial charge on any atom is 0.123 e. The average Bonchev–Trinajstić information content (AvgIpc) is 2.50. The molecule has 4 heteroatoms. The second kappa shape index (κ2) is 8.51. The quantitative estimate of drug-likeness (QED) is 0.812. The largest absolute Gasteiger partial charge is 0.496 e. The molecule has 1 aromatic carbocycles. The number of aliphatic hydroxyl groups is 1. The van der Waals surface area contributed by atoms with Gasteiger partial charge in [0, 0.05) is 31.7 Å². The van der Waals surface area contributed by atoms with Gasteiger partial charge in [-0.05, 0) is 36.9 Å². The number of hydrogen-bond donors (Lipinski definition) is 2. The molecule has 1 heterocycles. The number of methoxy groups -OCH3 is 1. The van der Waals surface area contributed by atoms with Crippen molar-refractivity contribution in [3.63, 3.8) is 0 Å². The van der Waals surface area contributed by atoms with Crippen molar-refractivity contribution in [2.45, 2.75) is 45.9 Å². The number of nitrogens with zero attached hydrogens (tertiary/aromatic N) is 1. The highest BCUT2D eigenvalue weighted by molar-refractivity contribution is 5.37. The van der Waals surface area contributed by atoms with Gasteiger partial charge in [-0.15, -0.1) is 0 Å². The van der Waals surface area contributed by atoms with Crippen LogP contribution in [0, 0.1) is 5.92 Å². The predicted octanol–water partition coefficient (Wildman–Crippen LogP) is 2.40. The summed E-state index contributed by atoms with van der Waals surface area (Å²) in [5.74, 6) is 1.62. The van der Waals surface area contributed by atoms with Crippen molar-refractivity contribution >= 4 is 0 Å². The standard InChI is InChI=1S/C18H30N2O2/c1-14(2)11-19-12-16-5-4-15(10-18(16)22-3)13-20-8-6-17(21)7-9-20/h4-5,10,14,17,19,21H,6-9,11-13H2,1-3H3. The van der Waals surface area contributed by atoms with Gasteiger partial charge in [0.2, 0.25) is 0 Å². The molecule has 1 saturated heterocycles. The van der Waals surface area contributed by atoms with Gasteiger partial charge in [-0.25, -0.2) is 0 Å². The first kappa shape index (κ1) is 17.3. The Labute approximate surface area is 134 Å². The van der Waals surface area contributed by atoms with Gasteiger partial charge < -0.3 is 15.2 Å². The van der Waals surface area contributed by atoms with E-state index in [0.717, 1.165) is 51.3 Å². The lowest BCUT2D eigenvalue weighted by atomic mass is 10.1. The lowest BCUT2D eigenvalue weighted by Gasteiger charge is -2.29. The molecule has 0 unspecified atom stereocenters. The molecule has 0 bridgehead atoms. The first-order chi connectivity index (χ1) is 10.6. The van der Waals surface area contributed by atoms with E-state index in [4.69, 9.17) is 4.74 Å². The van der Waals surface area contributed by atoms with E-state index in [-0.39, 0.29) is 6.10 Å². The summed E-state index contributed by atoms with van der Waals surface area (Å²) >= 11 is 0. The van der Waals surface area contributed by atoms with Crippen LogP contribution in [0.5, 0.6) is 5.75 Å². The van der Waals surface area contributed by atoms with Crippen molar-refractivity contribution < 1.29 is 9.84 Å². The molecule has 4 nitrogen and oxygen atoms in total. The van der Waals surface area contributed by atoms with Crippen LogP contribution in [-0.4, -0.2) is 42.9 Å². The Morgan fingerprint density at radius 2 is 2.05 bits per heavy atom. The molecule has 0 radical (unpaired) electrons. The fourth-order valence-electron chi connectivity index (χ4n) is 2.86. The Balaban J connectivity index is 1.93. The Kier molecular flexibility index (Phi) is 6.68. The van der Waals surface area contributed by atoms with Crippen LogP contribution in [-0.2, 0) is 13.1 Å². The van der Waals surface area contributed by atoms with E-state index < -0.39 is 0 Å². The molecule has 0 aromatic heterocycles. The Bertz CT molecular complexity index is 454. The predicted molar refractivity (Wildman–Crippen MR) is 90.1 cm³/mol. The molecule has 0 amide bonds. The van der Waals surface area contributed by atoms with Crippen LogP contribution >= 0.6 is 0 Å². The molecular formula is C18H30N2O2. The average molecular weight is 306 g/mol. The van der Waals surface area contributed by atoms with Gasteiger partial charge in [0.15, 0.2) is 0 Å². The molecule has 0 saturated carbocycles. The summed E-state index contributed by atoms with van der Waals surface area (Å²) < 4.78 is 5.55. The Morgan fingerprint density at radius 3 is 2.68 bits per heavy atom. The first-order valence-corrected chi connectivity index (χ1v) is 8.35. The lowest BCUT2D eigenvalue weighted by molar-refractivity contribution is 0.0792. The summed E-state index contributed by atoms with van der Waals surface area (Å²) in [5.41, 5.74) is 2.49. The van der Waals surface area contributed by atoms with Crippen LogP contribution < -0.4 is 10.1 Å². The summed E-state index contributed by atoms with van der Waals surface area (Å²) in [4.78, 5) is 2.40. The third kappa shape index (κ3) is 5.27. The minimum atomic E-state index is -0.111. The Morgan fingerprint density at radius 1 is 1.32 bits per heavy atom. The van der Waals surface area contributed by atoms with Crippen LogP contribution in [0.3, 0.4) is 0 Å². The number of likely N-dealkylation sites (tertiary alicyclic amines) is 1. The normalized spacial score (nSPS) is 17.1. The number of rotatable bonds is 7. The molecule has 0 aliphatic carbocycles. The van der Waals surface area contributed by atoms with Gasteiger partial charge in [0.05, 0.1) is 13.2 Å². The molecule has 0 atom stereocenters. The SMILES string of the molecule is COc1cc(CN2CCC(O)CC2)ccc1CNCC(C)C. The smallest absolute Gasteiger partial charge is 0.123 e. The number of aliphatic hydroxyl groups excluding tert-OH is 1. The molecule has 2 N–H and O–H groups in total. The van der Waals surface area contributed by atoms with Gasteiger partial charge >= 0.3 is 0 Å². The molecule has 0 spiro atoms. The van der Waals surface area contributed by atoms with Crippen molar-refractivity contribution in [1.82, 2.24) is 10.2 Å². The summed E-state index contributed by atoms with van der Waals surface area (Å²) in [6.07, 6.45) is 1.66. The molecule has 1 aromatic rings. The van der Waals surface area contributed by atoms with E-state index in [0.29, 0.717) is 5.92 Å².